The molecule has 0 amide bonds. The molecule has 0 aliphatic carbocycles. The lowest BCUT2D eigenvalue weighted by Crippen LogP contribution is -2.38. The Morgan fingerprint density at radius 2 is 2.19 bits per heavy atom. The van der Waals surface area contributed by atoms with Crippen LogP contribution in [-0.2, 0) is 4.79 Å². The van der Waals surface area contributed by atoms with Gasteiger partial charge in [0.2, 0.25) is 0 Å². The van der Waals surface area contributed by atoms with E-state index in [0.29, 0.717) is 5.02 Å². The molecule has 1 aliphatic heterocycles. The van der Waals surface area contributed by atoms with Gasteiger partial charge in [0, 0.05) is 19.3 Å². The van der Waals surface area contributed by atoms with E-state index in [1.807, 2.05) is 12.1 Å². The predicted octanol–water partition coefficient (Wildman–Crippen LogP) is 3.84. The first-order valence-corrected chi connectivity index (χ1v) is 8.09. The minimum atomic E-state index is -0.633. The highest BCUT2D eigenvalue weighted by Crippen LogP contribution is 2.30. The molecule has 0 spiro atoms. The summed E-state index contributed by atoms with van der Waals surface area (Å²) in [7, 11) is 0. The van der Waals surface area contributed by atoms with E-state index in [1.165, 1.54) is 0 Å². The zero-order valence-corrected chi connectivity index (χ0v) is 13.2. The number of halogens is 1. The Balaban J connectivity index is 1.92. The van der Waals surface area contributed by atoms with Gasteiger partial charge in [-0.25, -0.2) is 4.98 Å². The number of pyridine rings is 1. The molecule has 0 saturated carbocycles. The van der Waals surface area contributed by atoms with Crippen LogP contribution in [0.3, 0.4) is 0 Å². The van der Waals surface area contributed by atoms with Gasteiger partial charge in [-0.1, -0.05) is 31.4 Å². The highest BCUT2D eigenvalue weighted by molar-refractivity contribution is 6.30. The van der Waals surface area contributed by atoms with Crippen molar-refractivity contribution in [2.45, 2.75) is 39.0 Å². The maximum Gasteiger partial charge on any atom is 0.306 e. The number of unbranched alkanes of at least 4 members (excludes halogenated alkanes) is 1. The van der Waals surface area contributed by atoms with E-state index in [4.69, 9.17) is 11.6 Å². The number of hydrogen-bond acceptors (Lipinski definition) is 3. The number of piperidine rings is 1. The van der Waals surface area contributed by atoms with Crippen LogP contribution in [0.5, 0.6) is 0 Å². The van der Waals surface area contributed by atoms with Crippen LogP contribution in [0.25, 0.3) is 0 Å². The Morgan fingerprint density at radius 1 is 1.48 bits per heavy atom. The van der Waals surface area contributed by atoms with E-state index >= 15 is 0 Å². The Morgan fingerprint density at radius 3 is 2.71 bits per heavy atom. The average molecular weight is 311 g/mol. The number of carbonyl (C=O) groups is 1. The average Bonchev–Trinajstić information content (AvgIpc) is 2.49. The van der Waals surface area contributed by atoms with Crippen LogP contribution in [0.4, 0.5) is 5.82 Å². The molecule has 21 heavy (non-hydrogen) atoms. The minimum Gasteiger partial charge on any atom is -0.481 e. The monoisotopic (exact) mass is 310 g/mol. The van der Waals surface area contributed by atoms with Gasteiger partial charge in [0.15, 0.2) is 0 Å². The molecule has 1 saturated heterocycles. The molecule has 2 heterocycles. The summed E-state index contributed by atoms with van der Waals surface area (Å²) in [4.78, 5) is 18.0. The van der Waals surface area contributed by atoms with Crippen LogP contribution in [0.1, 0.15) is 39.0 Å². The van der Waals surface area contributed by atoms with Crippen molar-refractivity contribution >= 4 is 23.4 Å². The maximum absolute atomic E-state index is 11.5. The fourth-order valence-corrected chi connectivity index (χ4v) is 3.18. The second-order valence-electron chi connectivity index (χ2n) is 5.75. The van der Waals surface area contributed by atoms with Crippen molar-refractivity contribution in [3.8, 4) is 0 Å². The van der Waals surface area contributed by atoms with Crippen LogP contribution in [0, 0.1) is 11.8 Å². The zero-order valence-electron chi connectivity index (χ0n) is 12.5. The summed E-state index contributed by atoms with van der Waals surface area (Å²) in [5.41, 5.74) is 0. The van der Waals surface area contributed by atoms with Crippen molar-refractivity contribution in [1.82, 2.24) is 4.98 Å². The largest absolute Gasteiger partial charge is 0.481 e. The summed E-state index contributed by atoms with van der Waals surface area (Å²) in [6, 6.07) is 3.77. The van der Waals surface area contributed by atoms with Gasteiger partial charge in [0.25, 0.3) is 0 Å². The van der Waals surface area contributed by atoms with Crippen molar-refractivity contribution in [3.63, 3.8) is 0 Å². The second kappa shape index (κ2) is 7.64. The van der Waals surface area contributed by atoms with Gasteiger partial charge in [-0.2, -0.15) is 0 Å². The molecule has 0 radical (unpaired) electrons. The van der Waals surface area contributed by atoms with E-state index in [2.05, 4.69) is 16.8 Å². The number of aromatic nitrogens is 1. The molecule has 1 aromatic rings. The molecule has 1 N–H and O–H groups in total. The van der Waals surface area contributed by atoms with Crippen molar-refractivity contribution in [1.29, 1.82) is 0 Å². The zero-order chi connectivity index (χ0) is 15.2. The number of aliphatic carboxylic acids is 1. The molecule has 1 atom stereocenters. The Labute approximate surface area is 131 Å². The van der Waals surface area contributed by atoms with Crippen molar-refractivity contribution in [2.75, 3.05) is 18.0 Å². The molecule has 1 aromatic heterocycles. The Bertz CT molecular complexity index is 456. The fourth-order valence-electron chi connectivity index (χ4n) is 3.07. The second-order valence-corrected chi connectivity index (χ2v) is 6.18. The molecule has 1 fully saturated rings. The molecule has 4 nitrogen and oxygen atoms in total. The lowest BCUT2D eigenvalue weighted by atomic mass is 9.81. The molecule has 1 aliphatic rings. The van der Waals surface area contributed by atoms with Gasteiger partial charge in [-0.15, -0.1) is 0 Å². The predicted molar refractivity (Wildman–Crippen MR) is 84.8 cm³/mol. The molecular weight excluding hydrogens is 288 g/mol. The minimum absolute atomic E-state index is 0.190. The number of anilines is 1. The van der Waals surface area contributed by atoms with Crippen molar-refractivity contribution < 1.29 is 9.90 Å². The molecule has 1 unspecified atom stereocenters. The topological polar surface area (TPSA) is 53.4 Å². The van der Waals surface area contributed by atoms with Crippen LogP contribution < -0.4 is 4.90 Å². The molecule has 116 valence electrons. The highest BCUT2D eigenvalue weighted by Gasteiger charge is 2.31. The summed E-state index contributed by atoms with van der Waals surface area (Å²) in [6.07, 6.45) is 6.35. The summed E-state index contributed by atoms with van der Waals surface area (Å²) in [5, 5.41) is 10.1. The molecular formula is C16H23ClN2O2. The van der Waals surface area contributed by atoms with Gasteiger partial charge in [0.1, 0.15) is 5.82 Å². The smallest absolute Gasteiger partial charge is 0.306 e. The van der Waals surface area contributed by atoms with E-state index in [9.17, 15) is 9.90 Å². The van der Waals surface area contributed by atoms with E-state index in [0.717, 1.165) is 51.0 Å². The van der Waals surface area contributed by atoms with Gasteiger partial charge in [0.05, 0.1) is 10.9 Å². The Kier molecular flexibility index (Phi) is 5.85. The number of rotatable bonds is 6. The third kappa shape index (κ3) is 4.34. The van der Waals surface area contributed by atoms with Crippen LogP contribution in [0.2, 0.25) is 5.02 Å². The highest BCUT2D eigenvalue weighted by atomic mass is 35.5. The van der Waals surface area contributed by atoms with Gasteiger partial charge in [-0.05, 0) is 37.3 Å². The first kappa shape index (κ1) is 16.1. The first-order chi connectivity index (χ1) is 10.1. The quantitative estimate of drug-likeness (QED) is 0.867. The Hall–Kier alpha value is -1.29. The number of carboxylic acids is 1. The lowest BCUT2D eigenvalue weighted by Gasteiger charge is -2.35. The van der Waals surface area contributed by atoms with Crippen molar-refractivity contribution in [2.24, 2.45) is 11.8 Å². The standard InChI is InChI=1S/C16H23ClN2O2/c1-2-3-4-14(16(20)21)12-7-9-19(10-8-12)15-6-5-13(17)11-18-15/h5-6,11-12,14H,2-4,7-10H2,1H3,(H,20,21). The molecule has 2 rings (SSSR count). The third-order valence-corrected chi connectivity index (χ3v) is 4.55. The summed E-state index contributed by atoms with van der Waals surface area (Å²) >= 11 is 5.85. The number of nitrogens with zero attached hydrogens (tertiary/aromatic N) is 2. The number of hydrogen-bond donors (Lipinski definition) is 1. The van der Waals surface area contributed by atoms with Crippen molar-refractivity contribution in [3.05, 3.63) is 23.4 Å². The summed E-state index contributed by atoms with van der Waals surface area (Å²) in [6.45, 7) is 3.85. The van der Waals surface area contributed by atoms with E-state index in [-0.39, 0.29) is 11.8 Å². The van der Waals surface area contributed by atoms with E-state index < -0.39 is 5.97 Å². The first-order valence-electron chi connectivity index (χ1n) is 7.71. The normalized spacial score (nSPS) is 17.7. The van der Waals surface area contributed by atoms with Crippen LogP contribution in [0.15, 0.2) is 18.3 Å². The molecule has 5 heteroatoms. The van der Waals surface area contributed by atoms with Gasteiger partial charge >= 0.3 is 5.97 Å². The van der Waals surface area contributed by atoms with Gasteiger partial charge in [-0.3, -0.25) is 4.79 Å². The lowest BCUT2D eigenvalue weighted by molar-refractivity contribution is -0.144. The summed E-state index contributed by atoms with van der Waals surface area (Å²) < 4.78 is 0. The van der Waals surface area contributed by atoms with E-state index in [1.54, 1.807) is 6.20 Å². The number of carboxylic acid groups (broad SMARTS) is 1. The van der Waals surface area contributed by atoms with Gasteiger partial charge < -0.3 is 10.0 Å². The molecule has 0 aromatic carbocycles. The maximum atomic E-state index is 11.5. The van der Waals surface area contributed by atoms with Crippen LogP contribution >= 0.6 is 11.6 Å². The fraction of sp³-hybridized carbons (Fsp3) is 0.625. The molecule has 0 bridgehead atoms. The third-order valence-electron chi connectivity index (χ3n) is 4.33. The van der Waals surface area contributed by atoms with Crippen LogP contribution in [-0.4, -0.2) is 29.1 Å². The SMILES string of the molecule is CCCCC(C(=O)O)C1CCN(c2ccc(Cl)cn2)CC1. The summed E-state index contributed by atoms with van der Waals surface area (Å²) in [5.74, 6) is 0.396.